The molecule has 32 heavy (non-hydrogen) atoms. The largest absolute Gasteiger partial charge is 0.493 e. The van der Waals surface area contributed by atoms with Crippen molar-refractivity contribution in [1.82, 2.24) is 4.90 Å². The molecule has 1 heterocycles. The molecule has 0 bridgehead atoms. The zero-order valence-corrected chi connectivity index (χ0v) is 21.1. The maximum atomic E-state index is 12.2. The number of benzene rings is 2. The number of amides is 1. The van der Waals surface area contributed by atoms with Crippen LogP contribution < -0.4 is 14.2 Å². The van der Waals surface area contributed by atoms with Crippen LogP contribution in [-0.4, -0.2) is 42.5 Å². The molecule has 1 aliphatic heterocycles. The second kappa shape index (κ2) is 10.1. The number of methoxy groups -OCH3 is 1. The van der Waals surface area contributed by atoms with Gasteiger partial charge in [0.25, 0.3) is 5.91 Å². The molecule has 0 spiro atoms. The first-order valence-corrected chi connectivity index (χ1v) is 11.7. The van der Waals surface area contributed by atoms with E-state index in [4.69, 9.17) is 38.0 Å². The van der Waals surface area contributed by atoms with Crippen molar-refractivity contribution in [2.24, 2.45) is 0 Å². The van der Waals surface area contributed by atoms with Crippen molar-refractivity contribution in [3.05, 3.63) is 57.5 Å². The van der Waals surface area contributed by atoms with E-state index in [2.05, 4.69) is 32.9 Å². The minimum atomic E-state index is -0.136. The minimum absolute atomic E-state index is 0.0998. The third-order valence-electron chi connectivity index (χ3n) is 4.85. The van der Waals surface area contributed by atoms with Gasteiger partial charge in [0.2, 0.25) is 0 Å². The first kappa shape index (κ1) is 24.4. The lowest BCUT2D eigenvalue weighted by atomic mass is 9.87. The fraction of sp³-hybridized carbons (Fsp3) is 0.333. The summed E-state index contributed by atoms with van der Waals surface area (Å²) in [6.45, 7) is 7.17. The quantitative estimate of drug-likeness (QED) is 0.271. The van der Waals surface area contributed by atoms with E-state index in [1.807, 2.05) is 12.1 Å². The highest BCUT2D eigenvalue weighted by molar-refractivity contribution is 8.26. The van der Waals surface area contributed by atoms with Gasteiger partial charge >= 0.3 is 0 Å². The molecule has 1 amide bonds. The lowest BCUT2D eigenvalue weighted by molar-refractivity contribution is -0.121. The number of rotatable bonds is 7. The lowest BCUT2D eigenvalue weighted by Crippen LogP contribution is -2.22. The summed E-state index contributed by atoms with van der Waals surface area (Å²) in [6, 6.07) is 11.6. The first-order valence-electron chi connectivity index (χ1n) is 10.1. The van der Waals surface area contributed by atoms with Gasteiger partial charge in [-0.2, -0.15) is 0 Å². The Bertz CT molecular complexity index is 1050. The lowest BCUT2D eigenvalue weighted by Gasteiger charge is -2.19. The van der Waals surface area contributed by atoms with Crippen LogP contribution >= 0.6 is 35.6 Å². The zero-order chi connectivity index (χ0) is 23.5. The van der Waals surface area contributed by atoms with Gasteiger partial charge in [-0.15, -0.1) is 0 Å². The first-order chi connectivity index (χ1) is 15.1. The van der Waals surface area contributed by atoms with Crippen LogP contribution in [-0.2, 0) is 10.2 Å². The molecule has 1 aliphatic rings. The number of thioether (sulfide) groups is 1. The van der Waals surface area contributed by atoms with Gasteiger partial charge in [-0.25, -0.2) is 0 Å². The topological polar surface area (TPSA) is 48.0 Å². The van der Waals surface area contributed by atoms with E-state index >= 15 is 0 Å². The molecular formula is C24H26ClNO4S2. The zero-order valence-electron chi connectivity index (χ0n) is 18.7. The van der Waals surface area contributed by atoms with Gasteiger partial charge in [0.15, 0.2) is 11.5 Å². The third-order valence-corrected chi connectivity index (χ3v) is 6.62. The highest BCUT2D eigenvalue weighted by atomic mass is 35.5. The normalized spacial score (nSPS) is 15.4. The van der Waals surface area contributed by atoms with Crippen LogP contribution in [0.4, 0.5) is 0 Å². The SMILES string of the molecule is COc1cc(/C=C2/SC(=S)N(C)C2=O)cc(Cl)c1OCCOc1ccc(C(C)(C)C)cc1. The fourth-order valence-electron chi connectivity index (χ4n) is 3.01. The fourth-order valence-corrected chi connectivity index (χ4v) is 4.47. The van der Waals surface area contributed by atoms with Gasteiger partial charge in [-0.1, -0.05) is 68.5 Å². The standard InChI is InChI=1S/C24H26ClNO4S2/c1-24(2,3)16-6-8-17(9-7-16)29-10-11-30-21-18(25)12-15(13-19(21)28-5)14-20-22(27)26(4)23(31)32-20/h6-9,12-14H,10-11H2,1-5H3/b20-14+. The summed E-state index contributed by atoms with van der Waals surface area (Å²) in [5.74, 6) is 1.55. The Morgan fingerprint density at radius 3 is 2.34 bits per heavy atom. The van der Waals surface area contributed by atoms with Crippen molar-refractivity contribution in [3.8, 4) is 17.2 Å². The molecule has 0 atom stereocenters. The predicted octanol–water partition coefficient (Wildman–Crippen LogP) is 5.93. The van der Waals surface area contributed by atoms with Crippen LogP contribution in [0.1, 0.15) is 31.9 Å². The summed E-state index contributed by atoms with van der Waals surface area (Å²) in [6.07, 6.45) is 1.74. The Hall–Kier alpha value is -2.22. The third kappa shape index (κ3) is 5.77. The summed E-state index contributed by atoms with van der Waals surface area (Å²) >= 11 is 12.9. The molecule has 0 radical (unpaired) electrons. The average molecular weight is 492 g/mol. The van der Waals surface area contributed by atoms with Gasteiger partial charge in [-0.05, 0) is 46.9 Å². The van der Waals surface area contributed by atoms with Crippen molar-refractivity contribution in [3.63, 3.8) is 0 Å². The van der Waals surface area contributed by atoms with Crippen LogP contribution in [0, 0.1) is 0 Å². The van der Waals surface area contributed by atoms with Crippen LogP contribution in [0.2, 0.25) is 5.02 Å². The molecular weight excluding hydrogens is 466 g/mol. The summed E-state index contributed by atoms with van der Waals surface area (Å²) in [4.78, 5) is 14.2. The molecule has 0 aromatic heterocycles. The van der Waals surface area contributed by atoms with Gasteiger partial charge < -0.3 is 14.2 Å². The minimum Gasteiger partial charge on any atom is -0.493 e. The number of thiocarbonyl (C=S) groups is 1. The molecule has 1 fully saturated rings. The second-order valence-corrected chi connectivity index (χ2v) is 10.3. The van der Waals surface area contributed by atoms with Crippen molar-refractivity contribution in [1.29, 1.82) is 0 Å². The second-order valence-electron chi connectivity index (χ2n) is 8.25. The maximum absolute atomic E-state index is 12.2. The van der Waals surface area contributed by atoms with Gasteiger partial charge in [0, 0.05) is 7.05 Å². The summed E-state index contributed by atoms with van der Waals surface area (Å²) in [7, 11) is 3.20. The Balaban J connectivity index is 1.63. The molecule has 170 valence electrons. The van der Waals surface area contributed by atoms with E-state index in [-0.39, 0.29) is 11.3 Å². The Morgan fingerprint density at radius 1 is 1.12 bits per heavy atom. The molecule has 3 rings (SSSR count). The Kier molecular flexibility index (Phi) is 7.75. The molecule has 0 saturated carbocycles. The predicted molar refractivity (Wildman–Crippen MR) is 135 cm³/mol. The highest BCUT2D eigenvalue weighted by Gasteiger charge is 2.28. The number of likely N-dealkylation sites (N-methyl/N-ethyl adjacent to an activating group) is 1. The molecule has 0 unspecified atom stereocenters. The average Bonchev–Trinajstić information content (AvgIpc) is 2.98. The van der Waals surface area contributed by atoms with E-state index in [9.17, 15) is 4.79 Å². The molecule has 5 nitrogen and oxygen atoms in total. The van der Waals surface area contributed by atoms with Crippen molar-refractivity contribution in [2.45, 2.75) is 26.2 Å². The number of hydrogen-bond acceptors (Lipinski definition) is 6. The number of carbonyl (C=O) groups is 1. The van der Waals surface area contributed by atoms with Crippen molar-refractivity contribution < 1.29 is 19.0 Å². The van der Waals surface area contributed by atoms with E-state index in [0.717, 1.165) is 11.3 Å². The molecule has 1 saturated heterocycles. The number of carbonyl (C=O) groups excluding carboxylic acids is 1. The highest BCUT2D eigenvalue weighted by Crippen LogP contribution is 2.38. The van der Waals surface area contributed by atoms with E-state index in [1.54, 1.807) is 32.4 Å². The number of nitrogens with zero attached hydrogens (tertiary/aromatic N) is 1. The summed E-state index contributed by atoms with van der Waals surface area (Å²) in [5.41, 5.74) is 2.07. The monoisotopic (exact) mass is 491 g/mol. The Morgan fingerprint density at radius 2 is 1.78 bits per heavy atom. The van der Waals surface area contributed by atoms with Crippen LogP contribution in [0.3, 0.4) is 0 Å². The van der Waals surface area contributed by atoms with Gasteiger partial charge in [-0.3, -0.25) is 9.69 Å². The number of hydrogen-bond donors (Lipinski definition) is 0. The van der Waals surface area contributed by atoms with E-state index < -0.39 is 0 Å². The van der Waals surface area contributed by atoms with E-state index in [0.29, 0.717) is 39.0 Å². The van der Waals surface area contributed by atoms with Crippen molar-refractivity contribution in [2.75, 3.05) is 27.4 Å². The molecule has 0 N–H and O–H groups in total. The molecule has 2 aromatic carbocycles. The summed E-state index contributed by atoms with van der Waals surface area (Å²) < 4.78 is 17.6. The molecule has 2 aromatic rings. The van der Waals surface area contributed by atoms with Crippen LogP contribution in [0.15, 0.2) is 41.3 Å². The van der Waals surface area contributed by atoms with Gasteiger partial charge in [0.05, 0.1) is 17.0 Å². The number of halogens is 1. The molecule has 8 heteroatoms. The van der Waals surface area contributed by atoms with Gasteiger partial charge in [0.1, 0.15) is 23.3 Å². The smallest absolute Gasteiger partial charge is 0.265 e. The van der Waals surface area contributed by atoms with E-state index in [1.165, 1.54) is 22.2 Å². The van der Waals surface area contributed by atoms with Crippen LogP contribution in [0.25, 0.3) is 6.08 Å². The van der Waals surface area contributed by atoms with Crippen LogP contribution in [0.5, 0.6) is 17.2 Å². The van der Waals surface area contributed by atoms with Crippen molar-refractivity contribution >= 4 is 51.9 Å². The Labute approximate surface area is 203 Å². The number of ether oxygens (including phenoxy) is 3. The molecule has 0 aliphatic carbocycles. The summed E-state index contributed by atoms with van der Waals surface area (Å²) in [5, 5.41) is 0.386. The maximum Gasteiger partial charge on any atom is 0.265 e.